The molecule has 0 bridgehead atoms. The van der Waals surface area contributed by atoms with Crippen LogP contribution >= 0.6 is 0 Å². The van der Waals surface area contributed by atoms with Crippen LogP contribution in [-0.4, -0.2) is 24.8 Å². The van der Waals surface area contributed by atoms with Gasteiger partial charge in [-0.1, -0.05) is 39.0 Å². The standard InChI is InChI=1S/C20H24N2O2/c1-12-10-13(20(2,3)4)6-7-14(12)16-11-17(23)18-15(22-16)8-9-21-19(18)24-5/h6-11,15,18,22H,1-5H3. The highest BCUT2D eigenvalue weighted by molar-refractivity contribution is 6.12. The smallest absolute Gasteiger partial charge is 0.201 e. The summed E-state index contributed by atoms with van der Waals surface area (Å²) in [5, 5.41) is 3.46. The van der Waals surface area contributed by atoms with Crippen LogP contribution in [0.1, 0.15) is 37.5 Å². The number of benzene rings is 1. The Morgan fingerprint density at radius 2 is 2.00 bits per heavy atom. The van der Waals surface area contributed by atoms with Crippen molar-refractivity contribution in [2.24, 2.45) is 10.9 Å². The van der Waals surface area contributed by atoms with E-state index >= 15 is 0 Å². The van der Waals surface area contributed by atoms with Gasteiger partial charge in [0.2, 0.25) is 5.90 Å². The van der Waals surface area contributed by atoms with E-state index in [-0.39, 0.29) is 23.2 Å². The van der Waals surface area contributed by atoms with Gasteiger partial charge in [-0.3, -0.25) is 4.79 Å². The third-order valence-electron chi connectivity index (χ3n) is 4.63. The van der Waals surface area contributed by atoms with Crippen LogP contribution in [0.3, 0.4) is 0 Å². The molecule has 126 valence electrons. The van der Waals surface area contributed by atoms with E-state index in [1.807, 2.05) is 6.08 Å². The number of aryl methyl sites for hydroxylation is 1. The largest absolute Gasteiger partial charge is 0.483 e. The lowest BCUT2D eigenvalue weighted by atomic mass is 9.83. The van der Waals surface area contributed by atoms with Crippen molar-refractivity contribution in [1.29, 1.82) is 0 Å². The van der Waals surface area contributed by atoms with Crippen LogP contribution in [0, 0.1) is 12.8 Å². The van der Waals surface area contributed by atoms with Crippen molar-refractivity contribution < 1.29 is 9.53 Å². The van der Waals surface area contributed by atoms with Gasteiger partial charge in [-0.2, -0.15) is 0 Å². The summed E-state index contributed by atoms with van der Waals surface area (Å²) in [6.45, 7) is 8.69. The highest BCUT2D eigenvalue weighted by Crippen LogP contribution is 2.30. The molecular formula is C20H24N2O2. The van der Waals surface area contributed by atoms with Gasteiger partial charge in [0.25, 0.3) is 0 Å². The average Bonchev–Trinajstić information content (AvgIpc) is 2.53. The molecule has 0 saturated heterocycles. The van der Waals surface area contributed by atoms with Gasteiger partial charge in [0.05, 0.1) is 13.2 Å². The predicted molar refractivity (Wildman–Crippen MR) is 96.9 cm³/mol. The number of ketones is 1. The molecule has 0 aliphatic carbocycles. The number of fused-ring (bicyclic) bond motifs is 1. The van der Waals surface area contributed by atoms with E-state index in [4.69, 9.17) is 4.74 Å². The molecule has 2 aliphatic rings. The fraction of sp³-hybridized carbons (Fsp3) is 0.400. The Hall–Kier alpha value is -2.36. The van der Waals surface area contributed by atoms with Gasteiger partial charge in [-0.15, -0.1) is 0 Å². The zero-order chi connectivity index (χ0) is 17.5. The monoisotopic (exact) mass is 324 g/mol. The number of carbonyl (C=O) groups is 1. The first kappa shape index (κ1) is 16.5. The molecule has 4 nitrogen and oxygen atoms in total. The van der Waals surface area contributed by atoms with E-state index in [2.05, 4.69) is 56.2 Å². The van der Waals surface area contributed by atoms with Gasteiger partial charge in [0.15, 0.2) is 5.78 Å². The maximum Gasteiger partial charge on any atom is 0.201 e. The maximum atomic E-state index is 12.6. The van der Waals surface area contributed by atoms with Crippen LogP contribution in [0.5, 0.6) is 0 Å². The minimum atomic E-state index is -0.377. The van der Waals surface area contributed by atoms with Crippen LogP contribution in [0.2, 0.25) is 0 Å². The second-order valence-electron chi connectivity index (χ2n) is 7.40. The number of hydrogen-bond acceptors (Lipinski definition) is 4. The Morgan fingerprint density at radius 3 is 2.62 bits per heavy atom. The summed E-state index contributed by atoms with van der Waals surface area (Å²) in [7, 11) is 1.55. The van der Waals surface area contributed by atoms with E-state index in [1.165, 1.54) is 5.56 Å². The molecule has 0 fully saturated rings. The van der Waals surface area contributed by atoms with E-state index in [0.29, 0.717) is 5.90 Å². The summed E-state index contributed by atoms with van der Waals surface area (Å²) in [6, 6.07) is 6.32. The van der Waals surface area contributed by atoms with Crippen molar-refractivity contribution in [1.82, 2.24) is 5.32 Å². The van der Waals surface area contributed by atoms with Crippen molar-refractivity contribution in [2.75, 3.05) is 7.11 Å². The summed E-state index contributed by atoms with van der Waals surface area (Å²) in [6.07, 6.45) is 5.28. The van der Waals surface area contributed by atoms with Crippen molar-refractivity contribution in [3.05, 3.63) is 53.2 Å². The molecule has 0 spiro atoms. The van der Waals surface area contributed by atoms with Crippen molar-refractivity contribution in [3.63, 3.8) is 0 Å². The van der Waals surface area contributed by atoms with E-state index in [0.717, 1.165) is 16.8 Å². The Morgan fingerprint density at radius 1 is 1.25 bits per heavy atom. The summed E-state index contributed by atoms with van der Waals surface area (Å²) in [4.78, 5) is 16.8. The number of ether oxygens (including phenoxy) is 1. The molecule has 1 aromatic rings. The molecule has 2 heterocycles. The summed E-state index contributed by atoms with van der Waals surface area (Å²) < 4.78 is 5.26. The minimum Gasteiger partial charge on any atom is -0.483 e. The van der Waals surface area contributed by atoms with Crippen molar-refractivity contribution in [2.45, 2.75) is 39.2 Å². The Kier molecular flexibility index (Phi) is 4.08. The number of allylic oxidation sites excluding steroid dienone is 1. The number of methoxy groups -OCH3 is 1. The minimum absolute atomic E-state index is 0.0259. The van der Waals surface area contributed by atoms with Crippen LogP contribution in [0.15, 0.2) is 41.5 Å². The summed E-state index contributed by atoms with van der Waals surface area (Å²) in [5.74, 6) is 0.117. The van der Waals surface area contributed by atoms with Crippen LogP contribution in [0.4, 0.5) is 0 Å². The molecule has 24 heavy (non-hydrogen) atoms. The highest BCUT2D eigenvalue weighted by Gasteiger charge is 2.37. The zero-order valence-corrected chi connectivity index (χ0v) is 14.9. The molecule has 2 aliphatic heterocycles. The van der Waals surface area contributed by atoms with Gasteiger partial charge in [0, 0.05) is 23.5 Å². The van der Waals surface area contributed by atoms with Gasteiger partial charge in [-0.25, -0.2) is 4.99 Å². The third-order valence-corrected chi connectivity index (χ3v) is 4.63. The molecule has 1 aromatic carbocycles. The van der Waals surface area contributed by atoms with Crippen LogP contribution in [0.25, 0.3) is 5.70 Å². The van der Waals surface area contributed by atoms with Crippen molar-refractivity contribution in [3.8, 4) is 0 Å². The maximum absolute atomic E-state index is 12.6. The highest BCUT2D eigenvalue weighted by atomic mass is 16.5. The molecule has 0 radical (unpaired) electrons. The Balaban J connectivity index is 1.96. The van der Waals surface area contributed by atoms with E-state index < -0.39 is 0 Å². The van der Waals surface area contributed by atoms with Gasteiger partial charge < -0.3 is 10.1 Å². The normalized spacial score (nSPS) is 23.1. The van der Waals surface area contributed by atoms with E-state index in [1.54, 1.807) is 19.4 Å². The quantitative estimate of drug-likeness (QED) is 0.862. The lowest BCUT2D eigenvalue weighted by Gasteiger charge is -2.32. The fourth-order valence-electron chi connectivity index (χ4n) is 3.21. The first-order valence-corrected chi connectivity index (χ1v) is 8.23. The fourth-order valence-corrected chi connectivity index (χ4v) is 3.21. The van der Waals surface area contributed by atoms with Crippen LogP contribution in [-0.2, 0) is 14.9 Å². The van der Waals surface area contributed by atoms with Gasteiger partial charge in [-0.05, 0) is 29.5 Å². The lowest BCUT2D eigenvalue weighted by molar-refractivity contribution is -0.117. The number of hydrogen-bond donors (Lipinski definition) is 1. The molecule has 1 N–H and O–H groups in total. The molecule has 4 heteroatoms. The number of nitrogens with one attached hydrogen (secondary N) is 1. The third kappa shape index (κ3) is 2.88. The molecule has 0 aromatic heterocycles. The molecular weight excluding hydrogens is 300 g/mol. The number of nitrogens with zero attached hydrogens (tertiary/aromatic N) is 1. The number of aliphatic imine (C=N–C) groups is 1. The summed E-state index contributed by atoms with van der Waals surface area (Å²) >= 11 is 0. The first-order valence-electron chi connectivity index (χ1n) is 8.23. The lowest BCUT2D eigenvalue weighted by Crippen LogP contribution is -2.47. The molecule has 0 saturated carbocycles. The Labute approximate surface area is 143 Å². The number of rotatable bonds is 1. The number of carbonyl (C=O) groups excluding carboxylic acids is 1. The van der Waals surface area contributed by atoms with Gasteiger partial charge >= 0.3 is 0 Å². The zero-order valence-electron chi connectivity index (χ0n) is 14.9. The first-order chi connectivity index (χ1) is 11.3. The molecule has 2 unspecified atom stereocenters. The molecule has 2 atom stereocenters. The van der Waals surface area contributed by atoms with E-state index in [9.17, 15) is 4.79 Å². The van der Waals surface area contributed by atoms with Crippen LogP contribution < -0.4 is 5.32 Å². The Bertz CT molecular complexity index is 766. The van der Waals surface area contributed by atoms with Gasteiger partial charge in [0.1, 0.15) is 5.92 Å². The summed E-state index contributed by atoms with van der Waals surface area (Å²) in [5.41, 5.74) is 4.48. The SMILES string of the molecule is COC1=NC=CC2NC(c3ccc(C(C)(C)C)cc3C)=CC(=O)C12. The second kappa shape index (κ2) is 5.93. The average molecular weight is 324 g/mol. The second-order valence-corrected chi connectivity index (χ2v) is 7.40. The predicted octanol–water partition coefficient (Wildman–Crippen LogP) is 3.36. The topological polar surface area (TPSA) is 50.7 Å². The van der Waals surface area contributed by atoms with Crippen molar-refractivity contribution >= 4 is 17.4 Å². The molecule has 0 amide bonds. The molecule has 3 rings (SSSR count).